The van der Waals surface area contributed by atoms with E-state index in [1.807, 2.05) is 31.2 Å². The van der Waals surface area contributed by atoms with Gasteiger partial charge in [0.1, 0.15) is 5.75 Å². The number of aryl methyl sites for hydroxylation is 1. The van der Waals surface area contributed by atoms with Crippen LogP contribution in [-0.2, 0) is 6.42 Å². The smallest absolute Gasteiger partial charge is 0.251 e. The standard InChI is InChI=1S/C16H23N3O2/c1-3-11-17-12-7-10-15-18-19-16(21-15)13-8-5-6-9-14(13)20-4-2/h5-6,8-9,17H,3-4,7,10-12H2,1-2H3. The molecule has 0 aliphatic carbocycles. The molecule has 1 aromatic carbocycles. The highest BCUT2D eigenvalue weighted by Gasteiger charge is 2.12. The average molecular weight is 289 g/mol. The van der Waals surface area contributed by atoms with Crippen LogP contribution in [0.3, 0.4) is 0 Å². The Labute approximate surface area is 125 Å². The summed E-state index contributed by atoms with van der Waals surface area (Å²) in [6.07, 6.45) is 2.94. The van der Waals surface area contributed by atoms with E-state index in [0.29, 0.717) is 18.4 Å². The Kier molecular flexibility index (Phi) is 6.22. The molecule has 0 spiro atoms. The van der Waals surface area contributed by atoms with E-state index in [-0.39, 0.29) is 0 Å². The van der Waals surface area contributed by atoms with Crippen LogP contribution in [0.15, 0.2) is 28.7 Å². The maximum absolute atomic E-state index is 5.73. The number of hydrogen-bond donors (Lipinski definition) is 1. The van der Waals surface area contributed by atoms with Crippen molar-refractivity contribution in [2.75, 3.05) is 19.7 Å². The van der Waals surface area contributed by atoms with E-state index in [9.17, 15) is 0 Å². The van der Waals surface area contributed by atoms with Crippen LogP contribution in [-0.4, -0.2) is 29.9 Å². The predicted octanol–water partition coefficient (Wildman–Crippen LogP) is 3.07. The van der Waals surface area contributed by atoms with E-state index in [4.69, 9.17) is 9.15 Å². The molecule has 0 aliphatic rings. The van der Waals surface area contributed by atoms with Crippen LogP contribution in [0.1, 0.15) is 32.6 Å². The number of nitrogens with one attached hydrogen (secondary N) is 1. The van der Waals surface area contributed by atoms with Gasteiger partial charge >= 0.3 is 0 Å². The lowest BCUT2D eigenvalue weighted by molar-refractivity contribution is 0.340. The first-order valence-corrected chi connectivity index (χ1v) is 7.60. The Morgan fingerprint density at radius 1 is 1.14 bits per heavy atom. The van der Waals surface area contributed by atoms with Crippen molar-refractivity contribution >= 4 is 0 Å². The Morgan fingerprint density at radius 3 is 2.81 bits per heavy atom. The molecule has 5 nitrogen and oxygen atoms in total. The summed E-state index contributed by atoms with van der Waals surface area (Å²) in [7, 11) is 0. The molecule has 1 heterocycles. The van der Waals surface area contributed by atoms with Gasteiger partial charge in [0.2, 0.25) is 5.89 Å². The summed E-state index contributed by atoms with van der Waals surface area (Å²) in [6.45, 7) is 6.76. The number of benzene rings is 1. The normalized spacial score (nSPS) is 10.8. The molecular formula is C16H23N3O2. The molecule has 5 heteroatoms. The molecule has 2 aromatic rings. The van der Waals surface area contributed by atoms with Gasteiger partial charge in [-0.25, -0.2) is 0 Å². The minimum absolute atomic E-state index is 0.524. The Morgan fingerprint density at radius 2 is 2.00 bits per heavy atom. The highest BCUT2D eigenvalue weighted by atomic mass is 16.5. The van der Waals surface area contributed by atoms with E-state index in [1.165, 1.54) is 0 Å². The van der Waals surface area contributed by atoms with E-state index in [0.717, 1.165) is 43.7 Å². The average Bonchev–Trinajstić information content (AvgIpc) is 2.97. The summed E-state index contributed by atoms with van der Waals surface area (Å²) in [5, 5.41) is 11.6. The minimum Gasteiger partial charge on any atom is -0.493 e. The van der Waals surface area contributed by atoms with Gasteiger partial charge in [-0.05, 0) is 45.0 Å². The molecule has 114 valence electrons. The van der Waals surface area contributed by atoms with Crippen LogP contribution in [0, 0.1) is 0 Å². The van der Waals surface area contributed by atoms with Crippen molar-refractivity contribution in [2.24, 2.45) is 0 Å². The lowest BCUT2D eigenvalue weighted by Gasteiger charge is -2.06. The van der Waals surface area contributed by atoms with Crippen LogP contribution in [0.2, 0.25) is 0 Å². The zero-order valence-corrected chi connectivity index (χ0v) is 12.8. The van der Waals surface area contributed by atoms with Crippen LogP contribution >= 0.6 is 0 Å². The number of para-hydroxylation sites is 1. The molecule has 1 N–H and O–H groups in total. The van der Waals surface area contributed by atoms with Gasteiger partial charge in [-0.3, -0.25) is 0 Å². The molecule has 0 unspecified atom stereocenters. The third-order valence-electron chi connectivity index (χ3n) is 3.06. The molecule has 2 rings (SSSR count). The molecule has 0 fully saturated rings. The number of rotatable bonds is 9. The highest BCUT2D eigenvalue weighted by Crippen LogP contribution is 2.28. The molecule has 0 radical (unpaired) electrons. The molecule has 0 bridgehead atoms. The summed E-state index contributed by atoms with van der Waals surface area (Å²) in [5.41, 5.74) is 0.849. The minimum atomic E-state index is 0.524. The number of ether oxygens (including phenoxy) is 1. The Hall–Kier alpha value is -1.88. The van der Waals surface area contributed by atoms with Crippen molar-refractivity contribution in [1.82, 2.24) is 15.5 Å². The van der Waals surface area contributed by atoms with E-state index >= 15 is 0 Å². The Bertz CT molecular complexity index is 540. The quantitative estimate of drug-likeness (QED) is 0.719. The summed E-state index contributed by atoms with van der Waals surface area (Å²) < 4.78 is 11.3. The second kappa shape index (κ2) is 8.42. The van der Waals surface area contributed by atoms with Crippen molar-refractivity contribution in [1.29, 1.82) is 0 Å². The fourth-order valence-corrected chi connectivity index (χ4v) is 2.05. The fraction of sp³-hybridized carbons (Fsp3) is 0.500. The lowest BCUT2D eigenvalue weighted by Crippen LogP contribution is -2.16. The van der Waals surface area contributed by atoms with Gasteiger partial charge < -0.3 is 14.5 Å². The molecule has 0 aliphatic heterocycles. The summed E-state index contributed by atoms with van der Waals surface area (Å²) in [5.74, 6) is 1.98. The maximum Gasteiger partial charge on any atom is 0.251 e. The van der Waals surface area contributed by atoms with Gasteiger partial charge in [0, 0.05) is 6.42 Å². The largest absolute Gasteiger partial charge is 0.493 e. The monoisotopic (exact) mass is 289 g/mol. The third-order valence-corrected chi connectivity index (χ3v) is 3.06. The van der Waals surface area contributed by atoms with Crippen molar-refractivity contribution in [3.8, 4) is 17.2 Å². The van der Waals surface area contributed by atoms with Gasteiger partial charge in [0.15, 0.2) is 0 Å². The van der Waals surface area contributed by atoms with Gasteiger partial charge in [0.25, 0.3) is 5.89 Å². The van der Waals surface area contributed by atoms with Crippen molar-refractivity contribution in [2.45, 2.75) is 33.1 Å². The van der Waals surface area contributed by atoms with Crippen molar-refractivity contribution in [3.63, 3.8) is 0 Å². The van der Waals surface area contributed by atoms with Gasteiger partial charge in [-0.1, -0.05) is 19.1 Å². The molecule has 0 saturated heterocycles. The first kappa shape index (κ1) is 15.5. The predicted molar refractivity (Wildman–Crippen MR) is 82.4 cm³/mol. The number of nitrogens with zero attached hydrogens (tertiary/aromatic N) is 2. The van der Waals surface area contributed by atoms with Crippen molar-refractivity contribution < 1.29 is 9.15 Å². The van der Waals surface area contributed by atoms with E-state index in [1.54, 1.807) is 0 Å². The molecule has 0 atom stereocenters. The van der Waals surface area contributed by atoms with Gasteiger partial charge in [-0.15, -0.1) is 10.2 Å². The lowest BCUT2D eigenvalue weighted by atomic mass is 10.2. The van der Waals surface area contributed by atoms with Crippen LogP contribution in [0.25, 0.3) is 11.5 Å². The SMILES string of the molecule is CCCNCCCc1nnc(-c2ccccc2OCC)o1. The first-order chi connectivity index (χ1) is 10.3. The van der Waals surface area contributed by atoms with Crippen LogP contribution < -0.4 is 10.1 Å². The third kappa shape index (κ3) is 4.56. The van der Waals surface area contributed by atoms with Gasteiger partial charge in [-0.2, -0.15) is 0 Å². The second-order valence-corrected chi connectivity index (χ2v) is 4.78. The second-order valence-electron chi connectivity index (χ2n) is 4.78. The van der Waals surface area contributed by atoms with E-state index < -0.39 is 0 Å². The summed E-state index contributed by atoms with van der Waals surface area (Å²) >= 11 is 0. The van der Waals surface area contributed by atoms with Crippen LogP contribution in [0.4, 0.5) is 0 Å². The molecule has 0 saturated carbocycles. The zero-order chi connectivity index (χ0) is 14.9. The fourth-order valence-electron chi connectivity index (χ4n) is 2.05. The van der Waals surface area contributed by atoms with Crippen LogP contribution in [0.5, 0.6) is 5.75 Å². The zero-order valence-electron chi connectivity index (χ0n) is 12.8. The maximum atomic E-state index is 5.73. The van der Waals surface area contributed by atoms with Crippen molar-refractivity contribution in [3.05, 3.63) is 30.2 Å². The van der Waals surface area contributed by atoms with E-state index in [2.05, 4.69) is 22.4 Å². The molecular weight excluding hydrogens is 266 g/mol. The summed E-state index contributed by atoms with van der Waals surface area (Å²) in [6, 6.07) is 7.73. The molecule has 21 heavy (non-hydrogen) atoms. The highest BCUT2D eigenvalue weighted by molar-refractivity contribution is 5.62. The number of hydrogen-bond acceptors (Lipinski definition) is 5. The van der Waals surface area contributed by atoms with Gasteiger partial charge in [0.05, 0.1) is 12.2 Å². The molecule has 0 amide bonds. The molecule has 1 aromatic heterocycles. The Balaban J connectivity index is 1.96. The summed E-state index contributed by atoms with van der Waals surface area (Å²) in [4.78, 5) is 0. The number of aromatic nitrogens is 2. The topological polar surface area (TPSA) is 60.2 Å². The first-order valence-electron chi connectivity index (χ1n) is 7.60.